The quantitative estimate of drug-likeness (QED) is 0.521. The highest BCUT2D eigenvalue weighted by Crippen LogP contribution is 2.46. The van der Waals surface area contributed by atoms with Crippen LogP contribution >= 0.6 is 0 Å². The largest absolute Gasteiger partial charge is 0.458 e. The summed E-state index contributed by atoms with van der Waals surface area (Å²) in [6, 6.07) is 0. The van der Waals surface area contributed by atoms with Crippen molar-refractivity contribution in [3.05, 3.63) is 22.8 Å². The van der Waals surface area contributed by atoms with E-state index in [2.05, 4.69) is 33.8 Å². The van der Waals surface area contributed by atoms with Gasteiger partial charge in [0.1, 0.15) is 6.10 Å². The molecule has 0 aromatic carbocycles. The van der Waals surface area contributed by atoms with Gasteiger partial charge in [0.15, 0.2) is 0 Å². The molecule has 1 fully saturated rings. The van der Waals surface area contributed by atoms with Crippen LogP contribution in [0.3, 0.4) is 0 Å². The smallest absolute Gasteiger partial charge is 0.303 e. The summed E-state index contributed by atoms with van der Waals surface area (Å²) in [4.78, 5) is 11.2. The van der Waals surface area contributed by atoms with Crippen LogP contribution in [0.25, 0.3) is 0 Å². The van der Waals surface area contributed by atoms with Gasteiger partial charge in [0.05, 0.1) is 0 Å². The average molecular weight is 262 g/mol. The molecule has 19 heavy (non-hydrogen) atoms. The molecule has 0 aromatic heterocycles. The van der Waals surface area contributed by atoms with E-state index >= 15 is 0 Å². The minimum Gasteiger partial charge on any atom is -0.458 e. The summed E-state index contributed by atoms with van der Waals surface area (Å²) in [5, 5.41) is 0. The third-order valence-electron chi connectivity index (χ3n) is 4.85. The van der Waals surface area contributed by atoms with Crippen molar-refractivity contribution >= 4 is 5.97 Å². The van der Waals surface area contributed by atoms with Crippen molar-refractivity contribution in [3.63, 3.8) is 0 Å². The minimum atomic E-state index is -0.165. The third kappa shape index (κ3) is 2.93. The normalized spacial score (nSPS) is 34.4. The van der Waals surface area contributed by atoms with Gasteiger partial charge in [0, 0.05) is 12.8 Å². The second-order valence-electron chi connectivity index (χ2n) is 6.48. The summed E-state index contributed by atoms with van der Waals surface area (Å²) in [7, 11) is 0. The predicted molar refractivity (Wildman–Crippen MR) is 77.7 cm³/mol. The number of hydrogen-bond acceptors (Lipinski definition) is 2. The Bertz CT molecular complexity index is 427. The molecular formula is C17H26O2. The maximum Gasteiger partial charge on any atom is 0.303 e. The fourth-order valence-corrected chi connectivity index (χ4v) is 3.73. The zero-order valence-electron chi connectivity index (χ0n) is 12.8. The number of ether oxygens (including phenoxy) is 1. The highest BCUT2D eigenvalue weighted by Gasteiger charge is 2.38. The Hall–Kier alpha value is -1.05. The van der Waals surface area contributed by atoms with Gasteiger partial charge in [-0.2, -0.15) is 0 Å². The molecule has 0 radical (unpaired) electrons. The molecule has 0 amide bonds. The summed E-state index contributed by atoms with van der Waals surface area (Å²) in [6.07, 6.45) is 5.84. The number of carbonyl (C=O) groups is 1. The third-order valence-corrected chi connectivity index (χ3v) is 4.85. The number of carbonyl (C=O) groups excluding carboxylic acids is 1. The molecular weight excluding hydrogens is 236 g/mol. The van der Waals surface area contributed by atoms with E-state index in [-0.39, 0.29) is 12.1 Å². The summed E-state index contributed by atoms with van der Waals surface area (Å²) >= 11 is 0. The molecule has 0 spiro atoms. The van der Waals surface area contributed by atoms with Crippen LogP contribution in [0.5, 0.6) is 0 Å². The van der Waals surface area contributed by atoms with Gasteiger partial charge >= 0.3 is 5.97 Å². The van der Waals surface area contributed by atoms with Crippen molar-refractivity contribution in [3.8, 4) is 0 Å². The number of rotatable bonds is 1. The second kappa shape index (κ2) is 5.52. The van der Waals surface area contributed by atoms with Crippen molar-refractivity contribution in [2.75, 3.05) is 0 Å². The van der Waals surface area contributed by atoms with Crippen LogP contribution in [0.15, 0.2) is 22.8 Å². The molecule has 1 saturated carbocycles. The Morgan fingerprint density at radius 1 is 1.32 bits per heavy atom. The Balaban J connectivity index is 2.30. The van der Waals surface area contributed by atoms with Crippen LogP contribution in [0.2, 0.25) is 0 Å². The molecule has 2 rings (SSSR count). The molecule has 0 heterocycles. The van der Waals surface area contributed by atoms with Gasteiger partial charge in [-0.15, -0.1) is 0 Å². The molecule has 0 saturated heterocycles. The van der Waals surface area contributed by atoms with Crippen molar-refractivity contribution in [2.24, 2.45) is 17.8 Å². The van der Waals surface area contributed by atoms with Gasteiger partial charge in [-0.3, -0.25) is 4.79 Å². The van der Waals surface area contributed by atoms with Gasteiger partial charge in [0.2, 0.25) is 0 Å². The van der Waals surface area contributed by atoms with E-state index in [0.717, 1.165) is 12.3 Å². The Labute approximate surface area is 116 Å². The van der Waals surface area contributed by atoms with E-state index in [4.69, 9.17) is 4.74 Å². The Morgan fingerprint density at radius 2 is 2.00 bits per heavy atom. The van der Waals surface area contributed by atoms with Crippen LogP contribution in [0, 0.1) is 17.8 Å². The highest BCUT2D eigenvalue weighted by atomic mass is 16.5. The zero-order valence-corrected chi connectivity index (χ0v) is 12.8. The van der Waals surface area contributed by atoms with Gasteiger partial charge < -0.3 is 4.74 Å². The van der Waals surface area contributed by atoms with Gasteiger partial charge in [-0.1, -0.05) is 24.1 Å². The minimum absolute atomic E-state index is 0.00212. The van der Waals surface area contributed by atoms with Crippen molar-refractivity contribution in [1.29, 1.82) is 0 Å². The fourth-order valence-electron chi connectivity index (χ4n) is 3.73. The van der Waals surface area contributed by atoms with Gasteiger partial charge in [0.25, 0.3) is 0 Å². The zero-order chi connectivity index (χ0) is 14.2. The molecule has 0 N–H and O–H groups in total. The first-order chi connectivity index (χ1) is 8.90. The molecule has 4 atom stereocenters. The molecule has 2 aliphatic carbocycles. The molecule has 0 aliphatic heterocycles. The van der Waals surface area contributed by atoms with Gasteiger partial charge in [-0.25, -0.2) is 0 Å². The maximum absolute atomic E-state index is 11.2. The lowest BCUT2D eigenvalue weighted by Gasteiger charge is -2.43. The fraction of sp³-hybridized carbons (Fsp3) is 0.706. The Morgan fingerprint density at radius 3 is 2.58 bits per heavy atom. The number of hydrogen-bond donors (Lipinski definition) is 0. The van der Waals surface area contributed by atoms with E-state index in [1.165, 1.54) is 30.9 Å². The van der Waals surface area contributed by atoms with Crippen LogP contribution in [0.1, 0.15) is 53.9 Å². The first kappa shape index (κ1) is 14.4. The van der Waals surface area contributed by atoms with Crippen LogP contribution in [0.4, 0.5) is 0 Å². The second-order valence-corrected chi connectivity index (χ2v) is 6.48. The monoisotopic (exact) mass is 262 g/mol. The predicted octanol–water partition coefficient (Wildman–Crippen LogP) is 4.27. The van der Waals surface area contributed by atoms with E-state index in [1.54, 1.807) is 5.57 Å². The SMILES string of the molecule is CC(=O)OC1CC2C(C)CCC(=C(C)C)C2C=C1C. The first-order valence-electron chi connectivity index (χ1n) is 7.42. The van der Waals surface area contributed by atoms with Crippen molar-refractivity contribution < 1.29 is 9.53 Å². The lowest BCUT2D eigenvalue weighted by molar-refractivity contribution is -0.146. The molecule has 0 bridgehead atoms. The summed E-state index contributed by atoms with van der Waals surface area (Å²) in [6.45, 7) is 10.4. The topological polar surface area (TPSA) is 26.3 Å². The van der Waals surface area contributed by atoms with Crippen LogP contribution < -0.4 is 0 Å². The van der Waals surface area contributed by atoms with E-state index in [9.17, 15) is 4.79 Å². The first-order valence-corrected chi connectivity index (χ1v) is 7.42. The molecule has 106 valence electrons. The summed E-state index contributed by atoms with van der Waals surface area (Å²) in [5.41, 5.74) is 4.31. The van der Waals surface area contributed by atoms with E-state index < -0.39 is 0 Å². The number of fused-ring (bicyclic) bond motifs is 1. The summed E-state index contributed by atoms with van der Waals surface area (Å²) in [5.74, 6) is 1.75. The molecule has 4 unspecified atom stereocenters. The van der Waals surface area contributed by atoms with Crippen LogP contribution in [-0.2, 0) is 9.53 Å². The summed E-state index contributed by atoms with van der Waals surface area (Å²) < 4.78 is 5.47. The molecule has 0 aromatic rings. The number of esters is 1. The van der Waals surface area contributed by atoms with Crippen molar-refractivity contribution in [1.82, 2.24) is 0 Å². The molecule has 2 nitrogen and oxygen atoms in total. The molecule has 2 aliphatic rings. The standard InChI is InChI=1S/C17H26O2/c1-10(2)14-7-6-11(3)15-9-17(19-13(5)18)12(4)8-16(14)15/h8,11,15-17H,6-7,9H2,1-5H3. The Kier molecular flexibility index (Phi) is 4.17. The number of allylic oxidation sites excluding steroid dienone is 3. The van der Waals surface area contributed by atoms with E-state index in [0.29, 0.717) is 11.8 Å². The highest BCUT2D eigenvalue weighted by molar-refractivity contribution is 5.66. The van der Waals surface area contributed by atoms with Crippen LogP contribution in [-0.4, -0.2) is 12.1 Å². The van der Waals surface area contributed by atoms with Gasteiger partial charge in [-0.05, 0) is 57.4 Å². The lowest BCUT2D eigenvalue weighted by atomic mass is 9.64. The average Bonchev–Trinajstić information content (AvgIpc) is 2.30. The van der Waals surface area contributed by atoms with Crippen molar-refractivity contribution in [2.45, 2.75) is 60.0 Å². The molecule has 2 heteroatoms. The maximum atomic E-state index is 11.2. The van der Waals surface area contributed by atoms with E-state index in [1.807, 2.05) is 0 Å². The lowest BCUT2D eigenvalue weighted by Crippen LogP contribution is -2.36.